The summed E-state index contributed by atoms with van der Waals surface area (Å²) in [7, 11) is 0. The van der Waals surface area contributed by atoms with E-state index in [1.807, 2.05) is 0 Å². The van der Waals surface area contributed by atoms with Gasteiger partial charge < -0.3 is 0 Å². The Balaban J connectivity index is 2.71. The van der Waals surface area contributed by atoms with Crippen LogP contribution in [0.4, 0.5) is 0 Å². The molecule has 0 amide bonds. The van der Waals surface area contributed by atoms with Gasteiger partial charge in [-0.1, -0.05) is 41.1 Å². The standard InChI is InChI=1S/C12H17Br/c1-3-12-7-6-11(5-4-8-13)9-10(12)2/h6-7,9H,3-5,8H2,1-2H3. The molecule has 0 bridgehead atoms. The zero-order valence-electron chi connectivity index (χ0n) is 8.44. The summed E-state index contributed by atoms with van der Waals surface area (Å²) in [4.78, 5) is 0. The van der Waals surface area contributed by atoms with E-state index in [0.717, 1.165) is 11.8 Å². The molecule has 1 aromatic carbocycles. The maximum atomic E-state index is 3.45. The highest BCUT2D eigenvalue weighted by Gasteiger charge is 1.97. The molecule has 0 aliphatic heterocycles. The molecular formula is C12H17Br. The van der Waals surface area contributed by atoms with Crippen molar-refractivity contribution in [2.24, 2.45) is 0 Å². The van der Waals surface area contributed by atoms with E-state index in [2.05, 4.69) is 48.0 Å². The van der Waals surface area contributed by atoms with Gasteiger partial charge in [-0.05, 0) is 42.9 Å². The van der Waals surface area contributed by atoms with Crippen molar-refractivity contribution in [3.05, 3.63) is 34.9 Å². The van der Waals surface area contributed by atoms with Crippen LogP contribution >= 0.6 is 15.9 Å². The molecule has 0 fully saturated rings. The molecule has 0 atom stereocenters. The Morgan fingerprint density at radius 2 is 2.08 bits per heavy atom. The first-order valence-electron chi connectivity index (χ1n) is 4.92. The normalized spacial score (nSPS) is 10.4. The van der Waals surface area contributed by atoms with Gasteiger partial charge in [-0.15, -0.1) is 0 Å². The van der Waals surface area contributed by atoms with E-state index >= 15 is 0 Å². The number of hydrogen-bond acceptors (Lipinski definition) is 0. The minimum Gasteiger partial charge on any atom is -0.0928 e. The van der Waals surface area contributed by atoms with E-state index in [1.165, 1.54) is 29.5 Å². The monoisotopic (exact) mass is 240 g/mol. The lowest BCUT2D eigenvalue weighted by Crippen LogP contribution is -1.91. The summed E-state index contributed by atoms with van der Waals surface area (Å²) >= 11 is 3.45. The molecule has 72 valence electrons. The smallest absolute Gasteiger partial charge is 0.00344 e. The molecule has 1 rings (SSSR count). The molecule has 0 radical (unpaired) electrons. The maximum absolute atomic E-state index is 3.45. The third-order valence-corrected chi connectivity index (χ3v) is 2.95. The fraction of sp³-hybridized carbons (Fsp3) is 0.500. The first-order valence-corrected chi connectivity index (χ1v) is 6.04. The highest BCUT2D eigenvalue weighted by molar-refractivity contribution is 9.09. The Labute approximate surface area is 89.5 Å². The predicted octanol–water partition coefficient (Wildman–Crippen LogP) is 3.88. The topological polar surface area (TPSA) is 0 Å². The maximum Gasteiger partial charge on any atom is 0.00344 e. The van der Waals surface area contributed by atoms with Gasteiger partial charge in [0, 0.05) is 5.33 Å². The second kappa shape index (κ2) is 5.43. The summed E-state index contributed by atoms with van der Waals surface area (Å²) in [5, 5.41) is 1.10. The van der Waals surface area contributed by atoms with E-state index in [9.17, 15) is 0 Å². The number of alkyl halides is 1. The van der Waals surface area contributed by atoms with E-state index in [-0.39, 0.29) is 0 Å². The lowest BCUT2D eigenvalue weighted by Gasteiger charge is -2.05. The van der Waals surface area contributed by atoms with Crippen LogP contribution in [0.3, 0.4) is 0 Å². The summed E-state index contributed by atoms with van der Waals surface area (Å²) in [6.45, 7) is 4.41. The van der Waals surface area contributed by atoms with Crippen LogP contribution in [0, 0.1) is 6.92 Å². The SMILES string of the molecule is CCc1ccc(CCCBr)cc1C. The van der Waals surface area contributed by atoms with Crippen molar-refractivity contribution in [1.82, 2.24) is 0 Å². The van der Waals surface area contributed by atoms with Crippen molar-refractivity contribution in [3.8, 4) is 0 Å². The van der Waals surface area contributed by atoms with Gasteiger partial charge >= 0.3 is 0 Å². The van der Waals surface area contributed by atoms with Gasteiger partial charge in [0.05, 0.1) is 0 Å². The van der Waals surface area contributed by atoms with Gasteiger partial charge in [0.2, 0.25) is 0 Å². The summed E-state index contributed by atoms with van der Waals surface area (Å²) in [6.07, 6.45) is 3.56. The van der Waals surface area contributed by atoms with Gasteiger partial charge in [0.15, 0.2) is 0 Å². The van der Waals surface area contributed by atoms with Crippen molar-refractivity contribution in [2.45, 2.75) is 33.1 Å². The average Bonchev–Trinajstić information content (AvgIpc) is 2.15. The zero-order valence-corrected chi connectivity index (χ0v) is 10.0. The Morgan fingerprint density at radius 1 is 1.31 bits per heavy atom. The summed E-state index contributed by atoms with van der Waals surface area (Å²) in [6, 6.07) is 6.84. The summed E-state index contributed by atoms with van der Waals surface area (Å²) in [5.41, 5.74) is 4.38. The highest BCUT2D eigenvalue weighted by Crippen LogP contribution is 2.13. The first kappa shape index (κ1) is 10.8. The van der Waals surface area contributed by atoms with Crippen LogP contribution in [0.15, 0.2) is 18.2 Å². The lowest BCUT2D eigenvalue weighted by atomic mass is 10.0. The van der Waals surface area contributed by atoms with Crippen LogP contribution in [0.2, 0.25) is 0 Å². The van der Waals surface area contributed by atoms with Crippen LogP contribution < -0.4 is 0 Å². The van der Waals surface area contributed by atoms with Gasteiger partial charge in [-0.25, -0.2) is 0 Å². The third kappa shape index (κ3) is 3.15. The van der Waals surface area contributed by atoms with Crippen molar-refractivity contribution < 1.29 is 0 Å². The van der Waals surface area contributed by atoms with E-state index < -0.39 is 0 Å². The Hall–Kier alpha value is -0.300. The molecule has 1 aromatic rings. The number of aryl methyl sites for hydroxylation is 3. The van der Waals surface area contributed by atoms with E-state index in [1.54, 1.807) is 0 Å². The third-order valence-electron chi connectivity index (χ3n) is 2.39. The van der Waals surface area contributed by atoms with Crippen molar-refractivity contribution >= 4 is 15.9 Å². The fourth-order valence-electron chi connectivity index (χ4n) is 1.58. The highest BCUT2D eigenvalue weighted by atomic mass is 79.9. The predicted molar refractivity (Wildman–Crippen MR) is 62.7 cm³/mol. The summed E-state index contributed by atoms with van der Waals surface area (Å²) < 4.78 is 0. The number of rotatable bonds is 4. The van der Waals surface area contributed by atoms with Crippen molar-refractivity contribution in [3.63, 3.8) is 0 Å². The molecule has 0 aromatic heterocycles. The molecule has 0 heterocycles. The Kier molecular flexibility index (Phi) is 4.51. The van der Waals surface area contributed by atoms with Crippen molar-refractivity contribution in [1.29, 1.82) is 0 Å². The van der Waals surface area contributed by atoms with Crippen LogP contribution in [0.5, 0.6) is 0 Å². The Morgan fingerprint density at radius 3 is 2.62 bits per heavy atom. The molecule has 0 nitrogen and oxygen atoms in total. The number of benzene rings is 1. The quantitative estimate of drug-likeness (QED) is 0.701. The molecule has 0 spiro atoms. The van der Waals surface area contributed by atoms with Crippen LogP contribution in [0.25, 0.3) is 0 Å². The van der Waals surface area contributed by atoms with Gasteiger partial charge in [0.1, 0.15) is 0 Å². The average molecular weight is 241 g/mol. The molecular weight excluding hydrogens is 224 g/mol. The zero-order chi connectivity index (χ0) is 9.68. The molecule has 1 heteroatoms. The lowest BCUT2D eigenvalue weighted by molar-refractivity contribution is 0.933. The summed E-state index contributed by atoms with van der Waals surface area (Å²) in [5.74, 6) is 0. The molecule has 0 aliphatic carbocycles. The van der Waals surface area contributed by atoms with Gasteiger partial charge in [0.25, 0.3) is 0 Å². The number of halogens is 1. The van der Waals surface area contributed by atoms with E-state index in [0.29, 0.717) is 0 Å². The molecule has 0 aliphatic rings. The Bertz CT molecular complexity index is 266. The van der Waals surface area contributed by atoms with Gasteiger partial charge in [-0.3, -0.25) is 0 Å². The first-order chi connectivity index (χ1) is 6.27. The van der Waals surface area contributed by atoms with Crippen molar-refractivity contribution in [2.75, 3.05) is 5.33 Å². The second-order valence-electron chi connectivity index (χ2n) is 3.41. The molecule has 0 saturated carbocycles. The molecule has 0 N–H and O–H groups in total. The van der Waals surface area contributed by atoms with E-state index in [4.69, 9.17) is 0 Å². The minimum atomic E-state index is 1.10. The van der Waals surface area contributed by atoms with Gasteiger partial charge in [-0.2, -0.15) is 0 Å². The molecule has 13 heavy (non-hydrogen) atoms. The molecule has 0 unspecified atom stereocenters. The van der Waals surface area contributed by atoms with Crippen LogP contribution in [-0.4, -0.2) is 5.33 Å². The largest absolute Gasteiger partial charge is 0.0928 e. The second-order valence-corrected chi connectivity index (χ2v) is 4.20. The molecule has 0 saturated heterocycles. The van der Waals surface area contributed by atoms with Crippen LogP contribution in [-0.2, 0) is 12.8 Å². The number of hydrogen-bond donors (Lipinski definition) is 0. The minimum absolute atomic E-state index is 1.10. The van der Waals surface area contributed by atoms with Crippen LogP contribution in [0.1, 0.15) is 30.0 Å². The fourth-order valence-corrected chi connectivity index (χ4v) is 1.86.